The minimum atomic E-state index is -3.65. The maximum Gasteiger partial charge on any atom is 0.231 e. The first-order valence-corrected chi connectivity index (χ1v) is 9.09. The van der Waals surface area contributed by atoms with Crippen LogP contribution in [0.3, 0.4) is 0 Å². The quantitative estimate of drug-likeness (QED) is 0.731. The van der Waals surface area contributed by atoms with Gasteiger partial charge >= 0.3 is 0 Å². The molecule has 23 heavy (non-hydrogen) atoms. The largest absolute Gasteiger partial charge is 0.454 e. The van der Waals surface area contributed by atoms with Gasteiger partial charge in [0.1, 0.15) is 0 Å². The summed E-state index contributed by atoms with van der Waals surface area (Å²) in [5.74, 6) is 0.903. The first-order valence-electron chi connectivity index (χ1n) is 6.64. The van der Waals surface area contributed by atoms with Gasteiger partial charge in [0.15, 0.2) is 17.1 Å². The molecule has 0 spiro atoms. The highest BCUT2D eigenvalue weighted by Crippen LogP contribution is 2.37. The molecule has 0 bridgehead atoms. The predicted octanol–water partition coefficient (Wildman–Crippen LogP) is 2.42. The molecule has 3 heterocycles. The molecule has 1 aliphatic heterocycles. The van der Waals surface area contributed by atoms with E-state index in [-0.39, 0.29) is 17.7 Å². The molecule has 0 fully saturated rings. The van der Waals surface area contributed by atoms with E-state index < -0.39 is 9.84 Å². The number of halogens is 1. The van der Waals surface area contributed by atoms with Crippen LogP contribution in [0.2, 0.25) is 0 Å². The Bertz CT molecular complexity index is 983. The topological polar surface area (TPSA) is 94.2 Å². The summed E-state index contributed by atoms with van der Waals surface area (Å²) >= 11 is 3.37. The minimum absolute atomic E-state index is 0.101. The highest BCUT2D eigenvalue weighted by atomic mass is 79.9. The molecular formula is C14H10BrN3O4S. The van der Waals surface area contributed by atoms with Crippen molar-refractivity contribution in [1.29, 1.82) is 0 Å². The lowest BCUT2D eigenvalue weighted by molar-refractivity contribution is 0.174. The van der Waals surface area contributed by atoms with Gasteiger partial charge in [0.2, 0.25) is 21.8 Å². The van der Waals surface area contributed by atoms with Gasteiger partial charge in [0, 0.05) is 10.7 Å². The summed E-state index contributed by atoms with van der Waals surface area (Å²) in [6.07, 6.45) is 1.56. The molecule has 0 amide bonds. The van der Waals surface area contributed by atoms with Crippen LogP contribution in [0.1, 0.15) is 5.56 Å². The second-order valence-electron chi connectivity index (χ2n) is 4.97. The molecule has 0 radical (unpaired) electrons. The van der Waals surface area contributed by atoms with E-state index in [1.165, 1.54) is 0 Å². The van der Waals surface area contributed by atoms with E-state index in [0.29, 0.717) is 32.7 Å². The molecule has 0 saturated carbocycles. The Morgan fingerprint density at radius 2 is 2.04 bits per heavy atom. The van der Waals surface area contributed by atoms with Gasteiger partial charge in [-0.3, -0.25) is 0 Å². The molecule has 4 rings (SSSR count). The van der Waals surface area contributed by atoms with E-state index in [1.807, 2.05) is 0 Å². The molecule has 1 aliphatic rings. The van der Waals surface area contributed by atoms with E-state index in [1.54, 1.807) is 30.5 Å². The van der Waals surface area contributed by atoms with Crippen LogP contribution >= 0.6 is 15.9 Å². The first-order chi connectivity index (χ1) is 11.0. The van der Waals surface area contributed by atoms with Crippen molar-refractivity contribution in [1.82, 2.24) is 15.0 Å². The number of nitrogens with one attached hydrogen (secondary N) is 1. The van der Waals surface area contributed by atoms with Crippen molar-refractivity contribution in [2.75, 3.05) is 6.79 Å². The number of sulfone groups is 1. The van der Waals surface area contributed by atoms with Gasteiger partial charge in [0.25, 0.3) is 0 Å². The molecule has 0 saturated heterocycles. The standard InChI is InChI=1S/C14H10BrN3O4S/c15-9-5-12-11(21-7-22-12)4-8(9)6-23(19,20)14-17-10-2-1-3-16-13(10)18-14/h1-5H,6-7H2,(H,16,17,18). The fourth-order valence-corrected chi connectivity index (χ4v) is 4.24. The molecule has 0 aliphatic carbocycles. The predicted molar refractivity (Wildman–Crippen MR) is 85.0 cm³/mol. The van der Waals surface area contributed by atoms with Crippen LogP contribution in [-0.4, -0.2) is 30.2 Å². The Hall–Kier alpha value is -2.13. The normalized spacial score (nSPS) is 13.6. The number of hydrogen-bond acceptors (Lipinski definition) is 6. The van der Waals surface area contributed by atoms with Crippen molar-refractivity contribution in [3.05, 3.63) is 40.5 Å². The fourth-order valence-electron chi connectivity index (χ4n) is 2.31. The van der Waals surface area contributed by atoms with Crippen molar-refractivity contribution >= 4 is 36.9 Å². The number of hydrogen-bond donors (Lipinski definition) is 1. The van der Waals surface area contributed by atoms with Crippen molar-refractivity contribution < 1.29 is 17.9 Å². The summed E-state index contributed by atoms with van der Waals surface area (Å²) in [4.78, 5) is 10.9. The lowest BCUT2D eigenvalue weighted by Gasteiger charge is -2.06. The van der Waals surface area contributed by atoms with Crippen molar-refractivity contribution in [3.8, 4) is 11.5 Å². The number of pyridine rings is 1. The molecule has 2 aromatic heterocycles. The van der Waals surface area contributed by atoms with Gasteiger partial charge in [-0.1, -0.05) is 15.9 Å². The number of fused-ring (bicyclic) bond motifs is 2. The van der Waals surface area contributed by atoms with Crippen LogP contribution in [0.25, 0.3) is 11.2 Å². The third kappa shape index (κ3) is 2.55. The van der Waals surface area contributed by atoms with E-state index >= 15 is 0 Å². The molecule has 0 unspecified atom stereocenters. The van der Waals surface area contributed by atoms with E-state index in [2.05, 4.69) is 30.9 Å². The van der Waals surface area contributed by atoms with Gasteiger partial charge in [-0.2, -0.15) is 4.98 Å². The molecule has 7 nitrogen and oxygen atoms in total. The molecule has 0 atom stereocenters. The van der Waals surface area contributed by atoms with E-state index in [0.717, 1.165) is 0 Å². The second-order valence-corrected chi connectivity index (χ2v) is 7.73. The summed E-state index contributed by atoms with van der Waals surface area (Å²) in [6.45, 7) is 0.132. The summed E-state index contributed by atoms with van der Waals surface area (Å²) < 4.78 is 36.4. The van der Waals surface area contributed by atoms with Crippen molar-refractivity contribution in [2.45, 2.75) is 10.9 Å². The van der Waals surface area contributed by atoms with Crippen LogP contribution in [0.15, 0.2) is 40.1 Å². The Balaban J connectivity index is 1.72. The Morgan fingerprint density at radius 1 is 1.26 bits per heavy atom. The number of H-pyrrole nitrogens is 1. The lowest BCUT2D eigenvalue weighted by Crippen LogP contribution is -2.07. The highest BCUT2D eigenvalue weighted by molar-refractivity contribution is 9.10. The number of imidazole rings is 1. The molecular weight excluding hydrogens is 386 g/mol. The average molecular weight is 396 g/mol. The summed E-state index contributed by atoms with van der Waals surface area (Å²) in [5, 5.41) is -0.101. The lowest BCUT2D eigenvalue weighted by atomic mass is 10.2. The zero-order valence-corrected chi connectivity index (χ0v) is 14.0. The van der Waals surface area contributed by atoms with Gasteiger partial charge < -0.3 is 14.5 Å². The molecule has 1 N–H and O–H groups in total. The van der Waals surface area contributed by atoms with Crippen LogP contribution in [0.5, 0.6) is 11.5 Å². The average Bonchev–Trinajstić information content (AvgIpc) is 3.13. The maximum atomic E-state index is 12.6. The van der Waals surface area contributed by atoms with E-state index in [4.69, 9.17) is 9.47 Å². The number of nitrogens with zero attached hydrogens (tertiary/aromatic N) is 2. The Morgan fingerprint density at radius 3 is 2.83 bits per heavy atom. The van der Waals surface area contributed by atoms with Gasteiger partial charge in [0.05, 0.1) is 11.3 Å². The summed E-state index contributed by atoms with van der Waals surface area (Å²) in [7, 11) is -3.65. The molecule has 9 heteroatoms. The number of rotatable bonds is 3. The molecule has 118 valence electrons. The zero-order valence-electron chi connectivity index (χ0n) is 11.6. The molecule has 1 aromatic carbocycles. The third-order valence-corrected chi connectivity index (χ3v) is 5.63. The third-order valence-electron chi connectivity index (χ3n) is 3.42. The van der Waals surface area contributed by atoms with Gasteiger partial charge in [-0.25, -0.2) is 13.4 Å². The van der Waals surface area contributed by atoms with Crippen molar-refractivity contribution in [3.63, 3.8) is 0 Å². The van der Waals surface area contributed by atoms with Gasteiger partial charge in [-0.05, 0) is 29.8 Å². The number of benzene rings is 1. The minimum Gasteiger partial charge on any atom is -0.454 e. The molecule has 3 aromatic rings. The monoisotopic (exact) mass is 395 g/mol. The fraction of sp³-hybridized carbons (Fsp3) is 0.143. The first kappa shape index (κ1) is 14.5. The van der Waals surface area contributed by atoms with Gasteiger partial charge in [-0.15, -0.1) is 0 Å². The summed E-state index contributed by atoms with van der Waals surface area (Å²) in [5.41, 5.74) is 1.52. The zero-order chi connectivity index (χ0) is 16.0. The maximum absolute atomic E-state index is 12.6. The van der Waals surface area contributed by atoms with Crippen LogP contribution in [0.4, 0.5) is 0 Å². The second kappa shape index (κ2) is 5.20. The Labute approximate surface area is 139 Å². The Kier molecular flexibility index (Phi) is 3.27. The number of aromatic amines is 1. The SMILES string of the molecule is O=S(=O)(Cc1cc2c(cc1Br)OCO2)c1nc2ncccc2[nH]1. The van der Waals surface area contributed by atoms with Crippen molar-refractivity contribution in [2.24, 2.45) is 0 Å². The van der Waals surface area contributed by atoms with Crippen LogP contribution in [-0.2, 0) is 15.6 Å². The highest BCUT2D eigenvalue weighted by Gasteiger charge is 2.24. The summed E-state index contributed by atoms with van der Waals surface area (Å²) in [6, 6.07) is 6.80. The number of aromatic nitrogens is 3. The smallest absolute Gasteiger partial charge is 0.231 e. The number of ether oxygens (including phenoxy) is 2. The van der Waals surface area contributed by atoms with Crippen LogP contribution < -0.4 is 9.47 Å². The van der Waals surface area contributed by atoms with Crippen LogP contribution in [0, 0.1) is 0 Å². The van der Waals surface area contributed by atoms with E-state index in [9.17, 15) is 8.42 Å².